The number of nitrogens with zero attached hydrogens (tertiary/aromatic N) is 1. The third-order valence-electron chi connectivity index (χ3n) is 10.6. The lowest BCUT2D eigenvalue weighted by Crippen LogP contribution is -2.71. The molecule has 4 aliphatic carbocycles. The molecular formula is C29H35NO5S2. The van der Waals surface area contributed by atoms with Crippen LogP contribution in [-0.2, 0) is 21.4 Å². The van der Waals surface area contributed by atoms with Crippen molar-refractivity contribution >= 4 is 33.3 Å². The molecule has 8 rings (SSSR count). The molecule has 3 aliphatic heterocycles. The molecule has 3 unspecified atom stereocenters. The van der Waals surface area contributed by atoms with E-state index in [9.17, 15) is 14.7 Å². The van der Waals surface area contributed by atoms with Gasteiger partial charge in [-0.3, -0.25) is 14.5 Å². The zero-order chi connectivity index (χ0) is 24.9. The standard InChI is InChI=1S/C29H35NO5S2/c31-21-9-11-28(33)26-19-13-17-7-8-22(34-23(32)4-2-1-3-18-10-12-36-37-18)25-24(17)29(28,27(21)35-25)20(19)15-30(26)14-16-5-6-16/h7-8,16,18-20,26-27,33H,1-6,9-15H2/t18?,19?,20?,26-,27+,28-,29+/m1/s1. The van der Waals surface area contributed by atoms with Crippen molar-refractivity contribution in [3.05, 3.63) is 23.3 Å². The van der Waals surface area contributed by atoms with Crippen LogP contribution in [-0.4, -0.2) is 63.6 Å². The Labute approximate surface area is 226 Å². The van der Waals surface area contributed by atoms with Gasteiger partial charge in [0, 0.05) is 48.5 Å². The summed E-state index contributed by atoms with van der Waals surface area (Å²) < 4.78 is 12.4. The number of hydrogen-bond donors (Lipinski definition) is 1. The number of ketones is 1. The molecule has 0 radical (unpaired) electrons. The molecule has 5 fully saturated rings. The van der Waals surface area contributed by atoms with Crippen LogP contribution in [0, 0.1) is 17.8 Å². The van der Waals surface area contributed by atoms with Crippen LogP contribution in [0.25, 0.3) is 0 Å². The number of piperidine rings is 1. The molecule has 3 heterocycles. The van der Waals surface area contributed by atoms with E-state index in [4.69, 9.17) is 9.47 Å². The third-order valence-corrected chi connectivity index (χ3v) is 13.6. The Morgan fingerprint density at radius 3 is 2.95 bits per heavy atom. The van der Waals surface area contributed by atoms with Crippen molar-refractivity contribution in [3.63, 3.8) is 0 Å². The molecule has 0 aromatic heterocycles. The monoisotopic (exact) mass is 541 g/mol. The number of rotatable bonds is 8. The van der Waals surface area contributed by atoms with E-state index < -0.39 is 17.1 Å². The predicted molar refractivity (Wildman–Crippen MR) is 143 cm³/mol. The van der Waals surface area contributed by atoms with Gasteiger partial charge >= 0.3 is 5.97 Å². The van der Waals surface area contributed by atoms with Gasteiger partial charge in [-0.1, -0.05) is 34.1 Å². The predicted octanol–water partition coefficient (Wildman–Crippen LogP) is 4.30. The Kier molecular flexibility index (Phi) is 5.36. The van der Waals surface area contributed by atoms with Gasteiger partial charge in [-0.15, -0.1) is 0 Å². The van der Waals surface area contributed by atoms with Crippen molar-refractivity contribution < 1.29 is 24.2 Å². The fourth-order valence-electron chi connectivity index (χ4n) is 9.11. The van der Waals surface area contributed by atoms with Crippen molar-refractivity contribution in [2.45, 2.75) is 92.6 Å². The molecule has 0 amide bonds. The summed E-state index contributed by atoms with van der Waals surface area (Å²) in [4.78, 5) is 28.7. The number of likely N-dealkylation sites (tertiary alicyclic amines) is 1. The number of Topliss-reactive ketones (excluding diaryl/α,β-unsaturated/α-hetero) is 1. The Morgan fingerprint density at radius 2 is 2.14 bits per heavy atom. The molecule has 7 aliphatic rings. The van der Waals surface area contributed by atoms with Gasteiger partial charge in [0.2, 0.25) is 0 Å². The van der Waals surface area contributed by atoms with Gasteiger partial charge < -0.3 is 14.6 Å². The minimum atomic E-state index is -0.969. The van der Waals surface area contributed by atoms with Crippen LogP contribution in [0.1, 0.15) is 68.9 Å². The minimum absolute atomic E-state index is 0.0816. The summed E-state index contributed by atoms with van der Waals surface area (Å²) in [6.07, 6.45) is 8.37. The first-order valence-electron chi connectivity index (χ1n) is 14.3. The Bertz CT molecular complexity index is 1170. The lowest BCUT2D eigenvalue weighted by Gasteiger charge is -2.55. The highest BCUT2D eigenvalue weighted by Crippen LogP contribution is 2.73. The number of carbonyl (C=O) groups excluding carboxylic acids is 2. The van der Waals surface area contributed by atoms with Gasteiger partial charge in [-0.2, -0.15) is 0 Å². The van der Waals surface area contributed by atoms with E-state index in [1.54, 1.807) is 0 Å². The number of aliphatic hydroxyl groups is 1. The summed E-state index contributed by atoms with van der Waals surface area (Å²) in [6.45, 7) is 2.00. The zero-order valence-electron chi connectivity index (χ0n) is 21.2. The number of unbranched alkanes of at least 4 members (excludes halogenated alkanes) is 1. The molecule has 1 aromatic rings. The lowest BCUT2D eigenvalue weighted by atomic mass is 9.53. The number of fused-ring (bicyclic) bond motifs is 1. The van der Waals surface area contributed by atoms with Crippen LogP contribution in [0.5, 0.6) is 11.5 Å². The van der Waals surface area contributed by atoms with Gasteiger partial charge in [-0.25, -0.2) is 0 Å². The van der Waals surface area contributed by atoms with Crippen LogP contribution < -0.4 is 9.47 Å². The van der Waals surface area contributed by atoms with E-state index in [-0.39, 0.29) is 23.7 Å². The molecule has 4 bridgehead atoms. The van der Waals surface area contributed by atoms with E-state index in [1.165, 1.54) is 30.6 Å². The van der Waals surface area contributed by atoms with Gasteiger partial charge in [-0.05, 0) is 74.3 Å². The number of carbonyl (C=O) groups is 2. The van der Waals surface area contributed by atoms with Crippen LogP contribution in [0.15, 0.2) is 12.1 Å². The van der Waals surface area contributed by atoms with E-state index >= 15 is 0 Å². The molecule has 8 heteroatoms. The lowest BCUT2D eigenvalue weighted by molar-refractivity contribution is -0.167. The SMILES string of the molecule is O=C(CCCCC1CCSS1)Oc1ccc2c3c1O[C@H]1C(=O)CC[C@@]4(O)[C@H]5C(C2)C(CN5CC2CC2)[C@]314. The molecule has 1 N–H and O–H groups in total. The first-order chi connectivity index (χ1) is 18.0. The molecule has 3 saturated carbocycles. The summed E-state index contributed by atoms with van der Waals surface area (Å²) in [5, 5.41) is 13.3. The second-order valence-corrected chi connectivity index (χ2v) is 15.3. The molecule has 7 atom stereocenters. The van der Waals surface area contributed by atoms with E-state index in [2.05, 4.69) is 11.0 Å². The second-order valence-electron chi connectivity index (χ2n) is 12.5. The Balaban J connectivity index is 1.08. The normalized spacial score (nSPS) is 40.7. The second kappa shape index (κ2) is 8.39. The molecular weight excluding hydrogens is 506 g/mol. The summed E-state index contributed by atoms with van der Waals surface area (Å²) in [5.41, 5.74) is 0.502. The molecule has 198 valence electrons. The first-order valence-corrected chi connectivity index (χ1v) is 16.7. The van der Waals surface area contributed by atoms with Crippen molar-refractivity contribution in [2.75, 3.05) is 18.8 Å². The summed E-state index contributed by atoms with van der Waals surface area (Å²) >= 11 is 0. The highest BCUT2D eigenvalue weighted by atomic mass is 33.1. The van der Waals surface area contributed by atoms with E-state index in [0.717, 1.165) is 55.5 Å². The first kappa shape index (κ1) is 23.6. The highest BCUT2D eigenvalue weighted by molar-refractivity contribution is 8.77. The fraction of sp³-hybridized carbons (Fsp3) is 0.724. The quantitative estimate of drug-likeness (QED) is 0.226. The number of esters is 1. The fourth-order valence-corrected chi connectivity index (χ4v) is 12.1. The molecule has 1 aromatic carbocycles. The van der Waals surface area contributed by atoms with Gasteiger partial charge in [0.25, 0.3) is 0 Å². The number of ether oxygens (including phenoxy) is 2. The van der Waals surface area contributed by atoms with Gasteiger partial charge in [0.15, 0.2) is 23.4 Å². The minimum Gasteiger partial charge on any atom is -0.477 e. The van der Waals surface area contributed by atoms with Crippen molar-refractivity contribution in [3.8, 4) is 11.5 Å². The zero-order valence-corrected chi connectivity index (χ0v) is 22.8. The highest BCUT2D eigenvalue weighted by Gasteiger charge is 2.82. The Morgan fingerprint density at radius 1 is 1.24 bits per heavy atom. The van der Waals surface area contributed by atoms with Crippen LogP contribution in [0.2, 0.25) is 0 Å². The average Bonchev–Trinajstić information content (AvgIpc) is 3.22. The molecule has 2 saturated heterocycles. The van der Waals surface area contributed by atoms with Gasteiger partial charge in [0.1, 0.15) is 0 Å². The molecule has 1 spiro atoms. The van der Waals surface area contributed by atoms with Crippen LogP contribution in [0.4, 0.5) is 0 Å². The third kappa shape index (κ3) is 3.22. The van der Waals surface area contributed by atoms with E-state index in [1.807, 2.05) is 27.7 Å². The maximum atomic E-state index is 13.4. The average molecular weight is 542 g/mol. The smallest absolute Gasteiger partial charge is 0.311 e. The summed E-state index contributed by atoms with van der Waals surface area (Å²) in [7, 11) is 3.94. The summed E-state index contributed by atoms with van der Waals surface area (Å²) in [6, 6.07) is 4.02. The van der Waals surface area contributed by atoms with Crippen molar-refractivity contribution in [1.29, 1.82) is 0 Å². The topological polar surface area (TPSA) is 76.1 Å². The van der Waals surface area contributed by atoms with Crippen molar-refractivity contribution in [1.82, 2.24) is 4.90 Å². The number of hydrogen-bond acceptors (Lipinski definition) is 8. The largest absolute Gasteiger partial charge is 0.477 e. The van der Waals surface area contributed by atoms with E-state index in [0.29, 0.717) is 36.7 Å². The maximum Gasteiger partial charge on any atom is 0.311 e. The van der Waals surface area contributed by atoms with Crippen LogP contribution >= 0.6 is 21.6 Å². The number of benzene rings is 1. The Hall–Kier alpha value is -1.22. The van der Waals surface area contributed by atoms with Crippen LogP contribution in [0.3, 0.4) is 0 Å². The maximum absolute atomic E-state index is 13.4. The van der Waals surface area contributed by atoms with Gasteiger partial charge in [0.05, 0.1) is 11.0 Å². The molecule has 6 nitrogen and oxygen atoms in total. The molecule has 37 heavy (non-hydrogen) atoms. The summed E-state index contributed by atoms with van der Waals surface area (Å²) in [5.74, 6) is 3.41. The van der Waals surface area contributed by atoms with Crippen molar-refractivity contribution in [2.24, 2.45) is 17.8 Å².